The van der Waals surface area contributed by atoms with Gasteiger partial charge >= 0.3 is 6.09 Å². The Labute approximate surface area is 143 Å². The van der Waals surface area contributed by atoms with Crippen LogP contribution in [0.25, 0.3) is 0 Å². The first-order valence-corrected chi connectivity index (χ1v) is 9.16. The van der Waals surface area contributed by atoms with E-state index in [1.165, 1.54) is 4.88 Å². The maximum atomic E-state index is 12.3. The number of carbonyl (C=O) groups excluding carboxylic acids is 1. The molecule has 0 aliphatic carbocycles. The number of nitrogens with zero attached hydrogens (tertiary/aromatic N) is 2. The maximum absolute atomic E-state index is 12.3. The van der Waals surface area contributed by atoms with Crippen LogP contribution in [0.3, 0.4) is 0 Å². The van der Waals surface area contributed by atoms with Crippen LogP contribution in [-0.2, 0) is 4.74 Å². The standard InChI is InChI=1S/C17H29N3O2S/c1-11(15-12(2)19-13(3)23-15)18-10-14-8-7-9-20(14)16(21)22-17(4,5)6/h11,14,18H,7-10H2,1-6H3. The van der Waals surface area contributed by atoms with E-state index >= 15 is 0 Å². The van der Waals surface area contributed by atoms with Gasteiger partial charge in [0.1, 0.15) is 5.60 Å². The van der Waals surface area contributed by atoms with Gasteiger partial charge in [0.15, 0.2) is 0 Å². The van der Waals surface area contributed by atoms with Crippen molar-refractivity contribution in [2.75, 3.05) is 13.1 Å². The van der Waals surface area contributed by atoms with Gasteiger partial charge in [-0.05, 0) is 54.4 Å². The van der Waals surface area contributed by atoms with Gasteiger partial charge in [0.25, 0.3) is 0 Å². The summed E-state index contributed by atoms with van der Waals surface area (Å²) in [5.41, 5.74) is 0.658. The molecule has 1 aliphatic rings. The zero-order valence-corrected chi connectivity index (χ0v) is 15.9. The lowest BCUT2D eigenvalue weighted by atomic mass is 10.2. The lowest BCUT2D eigenvalue weighted by molar-refractivity contribution is 0.0225. The molecule has 0 aromatic carbocycles. The number of thiazole rings is 1. The largest absolute Gasteiger partial charge is 0.444 e. The average Bonchev–Trinajstić information content (AvgIpc) is 3.00. The summed E-state index contributed by atoms with van der Waals surface area (Å²) in [5, 5.41) is 4.66. The van der Waals surface area contributed by atoms with Crippen molar-refractivity contribution in [2.45, 2.75) is 72.1 Å². The van der Waals surface area contributed by atoms with Crippen LogP contribution in [-0.4, -0.2) is 40.7 Å². The normalized spacial score (nSPS) is 19.9. The van der Waals surface area contributed by atoms with Crippen LogP contribution >= 0.6 is 11.3 Å². The van der Waals surface area contributed by atoms with Crippen molar-refractivity contribution >= 4 is 17.4 Å². The van der Waals surface area contributed by atoms with Gasteiger partial charge in [0, 0.05) is 30.1 Å². The predicted molar refractivity (Wildman–Crippen MR) is 94.0 cm³/mol. The van der Waals surface area contributed by atoms with Crippen LogP contribution in [0.4, 0.5) is 4.79 Å². The molecule has 6 heteroatoms. The van der Waals surface area contributed by atoms with Gasteiger partial charge in [-0.3, -0.25) is 0 Å². The summed E-state index contributed by atoms with van der Waals surface area (Å²) >= 11 is 1.74. The molecule has 0 radical (unpaired) electrons. The molecular formula is C17H29N3O2S. The first-order valence-electron chi connectivity index (χ1n) is 8.34. The maximum Gasteiger partial charge on any atom is 0.410 e. The summed E-state index contributed by atoms with van der Waals surface area (Å²) in [6.07, 6.45) is 1.87. The van der Waals surface area contributed by atoms with E-state index < -0.39 is 5.60 Å². The fraction of sp³-hybridized carbons (Fsp3) is 0.765. The van der Waals surface area contributed by atoms with Crippen molar-refractivity contribution < 1.29 is 9.53 Å². The number of hydrogen-bond acceptors (Lipinski definition) is 5. The van der Waals surface area contributed by atoms with Crippen molar-refractivity contribution in [2.24, 2.45) is 0 Å². The Morgan fingerprint density at radius 3 is 2.74 bits per heavy atom. The number of aryl methyl sites for hydroxylation is 2. The number of carbonyl (C=O) groups is 1. The van der Waals surface area contributed by atoms with Gasteiger partial charge in [-0.1, -0.05) is 0 Å². The van der Waals surface area contributed by atoms with E-state index in [1.54, 1.807) is 11.3 Å². The molecular weight excluding hydrogens is 310 g/mol. The minimum atomic E-state index is -0.442. The van der Waals surface area contributed by atoms with Crippen molar-refractivity contribution in [3.63, 3.8) is 0 Å². The number of nitrogens with one attached hydrogen (secondary N) is 1. The molecule has 23 heavy (non-hydrogen) atoms. The smallest absolute Gasteiger partial charge is 0.410 e. The minimum Gasteiger partial charge on any atom is -0.444 e. The number of likely N-dealkylation sites (tertiary alicyclic amines) is 1. The molecule has 1 fully saturated rings. The Hall–Kier alpha value is -1.14. The number of amides is 1. The third kappa shape index (κ3) is 4.91. The van der Waals surface area contributed by atoms with Crippen LogP contribution < -0.4 is 5.32 Å². The zero-order valence-electron chi connectivity index (χ0n) is 15.1. The van der Waals surface area contributed by atoms with Crippen LogP contribution in [0.2, 0.25) is 0 Å². The third-order valence-electron chi connectivity index (χ3n) is 4.00. The summed E-state index contributed by atoms with van der Waals surface area (Å²) in [4.78, 5) is 20.0. The Bertz CT molecular complexity index is 551. The fourth-order valence-electron chi connectivity index (χ4n) is 2.96. The van der Waals surface area contributed by atoms with Crippen molar-refractivity contribution in [3.05, 3.63) is 15.6 Å². The van der Waals surface area contributed by atoms with Gasteiger partial charge in [0.2, 0.25) is 0 Å². The molecule has 5 nitrogen and oxygen atoms in total. The Morgan fingerprint density at radius 1 is 1.48 bits per heavy atom. The Morgan fingerprint density at radius 2 is 2.17 bits per heavy atom. The summed E-state index contributed by atoms with van der Waals surface area (Å²) < 4.78 is 5.52. The number of aromatic nitrogens is 1. The van der Waals surface area contributed by atoms with Crippen LogP contribution in [0.1, 0.15) is 62.2 Å². The minimum absolute atomic E-state index is 0.195. The van der Waals surface area contributed by atoms with E-state index in [2.05, 4.69) is 24.1 Å². The average molecular weight is 340 g/mol. The molecule has 1 aromatic rings. The summed E-state index contributed by atoms with van der Waals surface area (Å²) in [7, 11) is 0. The van der Waals surface area contributed by atoms with E-state index in [1.807, 2.05) is 32.6 Å². The highest BCUT2D eigenvalue weighted by molar-refractivity contribution is 7.11. The van der Waals surface area contributed by atoms with Crippen molar-refractivity contribution in [1.29, 1.82) is 0 Å². The van der Waals surface area contributed by atoms with E-state index in [0.29, 0.717) is 0 Å². The van der Waals surface area contributed by atoms with Gasteiger partial charge in [-0.2, -0.15) is 0 Å². The quantitative estimate of drug-likeness (QED) is 0.906. The number of hydrogen-bond donors (Lipinski definition) is 1. The zero-order chi connectivity index (χ0) is 17.2. The summed E-state index contributed by atoms with van der Waals surface area (Å²) in [5.74, 6) is 0. The van der Waals surface area contributed by atoms with Gasteiger partial charge < -0.3 is 15.0 Å². The molecule has 0 bridgehead atoms. The summed E-state index contributed by atoms with van der Waals surface area (Å²) in [6, 6.07) is 0.462. The molecule has 0 saturated carbocycles. The fourth-order valence-corrected chi connectivity index (χ4v) is 3.92. The summed E-state index contributed by atoms with van der Waals surface area (Å²) in [6.45, 7) is 13.5. The monoisotopic (exact) mass is 339 g/mol. The first kappa shape index (κ1) is 18.2. The molecule has 130 valence electrons. The van der Waals surface area contributed by atoms with E-state index in [0.717, 1.165) is 36.6 Å². The first-order chi connectivity index (χ1) is 10.7. The lowest BCUT2D eigenvalue weighted by Gasteiger charge is -2.29. The molecule has 2 unspecified atom stereocenters. The molecule has 1 aliphatic heterocycles. The third-order valence-corrected chi connectivity index (χ3v) is 5.25. The van der Waals surface area contributed by atoms with Gasteiger partial charge in [-0.25, -0.2) is 9.78 Å². The molecule has 2 rings (SSSR count). The molecule has 1 aromatic heterocycles. The lowest BCUT2D eigenvalue weighted by Crippen LogP contribution is -2.44. The van der Waals surface area contributed by atoms with E-state index in [-0.39, 0.29) is 18.2 Å². The number of rotatable bonds is 4. The van der Waals surface area contributed by atoms with Crippen LogP contribution in [0.5, 0.6) is 0 Å². The molecule has 1 saturated heterocycles. The van der Waals surface area contributed by atoms with Gasteiger partial charge in [-0.15, -0.1) is 11.3 Å². The second kappa shape index (κ2) is 7.18. The van der Waals surface area contributed by atoms with Gasteiger partial charge in [0.05, 0.1) is 10.7 Å². The molecule has 2 atom stereocenters. The molecule has 0 spiro atoms. The van der Waals surface area contributed by atoms with Crippen LogP contribution in [0.15, 0.2) is 0 Å². The molecule has 1 amide bonds. The molecule has 2 heterocycles. The second-order valence-corrected chi connectivity index (χ2v) is 8.52. The van der Waals surface area contributed by atoms with E-state index in [9.17, 15) is 4.79 Å². The van der Waals surface area contributed by atoms with E-state index in [4.69, 9.17) is 4.74 Å². The highest BCUT2D eigenvalue weighted by Gasteiger charge is 2.32. The SMILES string of the molecule is Cc1nc(C)c(C(C)NCC2CCCN2C(=O)OC(C)(C)C)s1. The Balaban J connectivity index is 1.91. The van der Waals surface area contributed by atoms with Crippen LogP contribution in [0, 0.1) is 13.8 Å². The highest BCUT2D eigenvalue weighted by Crippen LogP contribution is 2.25. The highest BCUT2D eigenvalue weighted by atomic mass is 32.1. The predicted octanol–water partition coefficient (Wildman–Crippen LogP) is 3.81. The topological polar surface area (TPSA) is 54.5 Å². The number of ether oxygens (including phenoxy) is 1. The van der Waals surface area contributed by atoms with Crippen molar-refractivity contribution in [1.82, 2.24) is 15.2 Å². The second-order valence-electron chi connectivity index (χ2n) is 7.28. The Kier molecular flexibility index (Phi) is 5.68. The molecule has 1 N–H and O–H groups in total. The van der Waals surface area contributed by atoms with Crippen molar-refractivity contribution in [3.8, 4) is 0 Å².